The molecule has 7 heteroatoms. The molecule has 0 aliphatic heterocycles. The van der Waals surface area contributed by atoms with Gasteiger partial charge in [-0.3, -0.25) is 0 Å². The van der Waals surface area contributed by atoms with E-state index in [9.17, 15) is 9.18 Å². The molecule has 0 amide bonds. The Balaban J connectivity index is 2.56. The molecule has 0 bridgehead atoms. The average molecular weight is 331 g/mol. The number of anilines is 1. The lowest BCUT2D eigenvalue weighted by molar-refractivity contribution is 0.0596. The van der Waals surface area contributed by atoms with Gasteiger partial charge in [0.15, 0.2) is 5.69 Å². The number of hydrogen-bond donors (Lipinski definition) is 1. The summed E-state index contributed by atoms with van der Waals surface area (Å²) in [4.78, 5) is 15.4. The second-order valence-electron chi connectivity index (χ2n) is 3.32. The van der Waals surface area contributed by atoms with Crippen LogP contribution in [0.2, 0.25) is 0 Å². The summed E-state index contributed by atoms with van der Waals surface area (Å²) in [5.41, 5.74) is 5.96. The molecule has 0 aliphatic carbocycles. The van der Waals surface area contributed by atoms with Gasteiger partial charge in [0.1, 0.15) is 15.8 Å². The van der Waals surface area contributed by atoms with E-state index < -0.39 is 11.8 Å². The van der Waals surface area contributed by atoms with E-state index in [0.717, 1.165) is 11.3 Å². The summed E-state index contributed by atoms with van der Waals surface area (Å²) in [6.45, 7) is 0. The first-order valence-electron chi connectivity index (χ1n) is 4.83. The Morgan fingerprint density at radius 3 is 2.89 bits per heavy atom. The van der Waals surface area contributed by atoms with E-state index in [-0.39, 0.29) is 16.3 Å². The summed E-state index contributed by atoms with van der Waals surface area (Å²) in [5, 5.41) is 0.532. The molecule has 0 atom stereocenters. The molecule has 2 aromatic rings. The fourth-order valence-corrected chi connectivity index (χ4v) is 2.93. The molecule has 2 rings (SSSR count). The predicted molar refractivity (Wildman–Crippen MR) is 71.0 cm³/mol. The second kappa shape index (κ2) is 5.03. The Morgan fingerprint density at radius 2 is 2.28 bits per heavy atom. The number of methoxy groups -OCH3 is 1. The molecule has 0 radical (unpaired) electrons. The van der Waals surface area contributed by atoms with Crippen molar-refractivity contribution in [2.24, 2.45) is 0 Å². The van der Waals surface area contributed by atoms with Crippen molar-refractivity contribution in [3.05, 3.63) is 34.2 Å². The summed E-state index contributed by atoms with van der Waals surface area (Å²) in [6, 6.07) is 4.57. The fourth-order valence-electron chi connectivity index (χ4n) is 1.38. The lowest BCUT2D eigenvalue weighted by atomic mass is 10.2. The topological polar surface area (TPSA) is 65.2 Å². The third kappa shape index (κ3) is 2.23. The van der Waals surface area contributed by atoms with Gasteiger partial charge in [0.2, 0.25) is 0 Å². The zero-order valence-corrected chi connectivity index (χ0v) is 11.6. The highest BCUT2D eigenvalue weighted by Crippen LogP contribution is 2.36. The first-order chi connectivity index (χ1) is 8.54. The lowest BCUT2D eigenvalue weighted by Gasteiger charge is -2.01. The predicted octanol–water partition coefficient (Wildman–Crippen LogP) is 3.08. The summed E-state index contributed by atoms with van der Waals surface area (Å²) < 4.78 is 18.8. The molecule has 18 heavy (non-hydrogen) atoms. The van der Waals surface area contributed by atoms with Gasteiger partial charge in [-0.15, -0.1) is 0 Å². The maximum atomic E-state index is 13.7. The summed E-state index contributed by atoms with van der Waals surface area (Å²) in [7, 11) is 1.24. The molecule has 94 valence electrons. The van der Waals surface area contributed by atoms with Crippen molar-refractivity contribution in [3.8, 4) is 10.6 Å². The highest BCUT2D eigenvalue weighted by atomic mass is 79.9. The molecule has 0 spiro atoms. The molecule has 1 aromatic carbocycles. The van der Waals surface area contributed by atoms with Crippen LogP contribution in [-0.2, 0) is 4.74 Å². The van der Waals surface area contributed by atoms with Crippen molar-refractivity contribution in [1.82, 2.24) is 4.98 Å². The number of hydrogen-bond acceptors (Lipinski definition) is 5. The zero-order chi connectivity index (χ0) is 13.3. The minimum Gasteiger partial charge on any atom is -0.464 e. The van der Waals surface area contributed by atoms with E-state index in [1.807, 2.05) is 0 Å². The number of ether oxygens (including phenoxy) is 1. The number of nitrogen functional groups attached to an aromatic ring is 1. The molecule has 0 saturated carbocycles. The van der Waals surface area contributed by atoms with Crippen LogP contribution in [0.5, 0.6) is 0 Å². The number of rotatable bonds is 2. The van der Waals surface area contributed by atoms with Gasteiger partial charge in [0, 0.05) is 4.47 Å². The first kappa shape index (κ1) is 13.0. The molecular weight excluding hydrogens is 323 g/mol. The average Bonchev–Trinajstić information content (AvgIpc) is 2.70. The number of carbonyl (C=O) groups excluding carboxylic acids is 1. The van der Waals surface area contributed by atoms with Crippen LogP contribution in [0.4, 0.5) is 9.39 Å². The highest BCUT2D eigenvalue weighted by Gasteiger charge is 2.20. The van der Waals surface area contributed by atoms with Crippen LogP contribution in [0.15, 0.2) is 22.7 Å². The maximum Gasteiger partial charge on any atom is 0.359 e. The Kier molecular flexibility index (Phi) is 3.63. The van der Waals surface area contributed by atoms with Gasteiger partial charge in [-0.2, -0.15) is 0 Å². The summed E-state index contributed by atoms with van der Waals surface area (Å²) in [6.07, 6.45) is 0. The van der Waals surface area contributed by atoms with E-state index in [1.165, 1.54) is 13.2 Å². The van der Waals surface area contributed by atoms with E-state index >= 15 is 0 Å². The number of aromatic nitrogens is 1. The number of thiazole rings is 1. The van der Waals surface area contributed by atoms with Gasteiger partial charge in [-0.25, -0.2) is 14.2 Å². The van der Waals surface area contributed by atoms with Crippen molar-refractivity contribution < 1.29 is 13.9 Å². The molecule has 0 unspecified atom stereocenters. The van der Waals surface area contributed by atoms with Crippen LogP contribution >= 0.6 is 27.3 Å². The van der Waals surface area contributed by atoms with Crippen molar-refractivity contribution in [2.45, 2.75) is 0 Å². The van der Waals surface area contributed by atoms with E-state index in [0.29, 0.717) is 9.48 Å². The molecule has 2 N–H and O–H groups in total. The van der Waals surface area contributed by atoms with Crippen LogP contribution in [0, 0.1) is 5.82 Å². The Morgan fingerprint density at radius 1 is 1.56 bits per heavy atom. The molecular formula is C11H8BrFN2O2S. The third-order valence-corrected chi connectivity index (χ3v) is 3.77. The number of nitrogens with zero attached hydrogens (tertiary/aromatic N) is 1. The lowest BCUT2D eigenvalue weighted by Crippen LogP contribution is -2.04. The standard InChI is InChI=1S/C11H8BrFN2O2S/c1-17-11(16)8-9(14)18-10(15-8)7-5(12)3-2-4-6(7)13/h2-4H,14H2,1H3. The molecule has 0 fully saturated rings. The van der Waals surface area contributed by atoms with E-state index in [2.05, 4.69) is 25.7 Å². The van der Waals surface area contributed by atoms with Gasteiger partial charge in [-0.1, -0.05) is 17.4 Å². The van der Waals surface area contributed by atoms with Crippen molar-refractivity contribution >= 4 is 38.2 Å². The SMILES string of the molecule is COC(=O)c1nc(-c2c(F)cccc2Br)sc1N. The van der Waals surface area contributed by atoms with Gasteiger partial charge in [0.25, 0.3) is 0 Å². The highest BCUT2D eigenvalue weighted by molar-refractivity contribution is 9.10. The van der Waals surface area contributed by atoms with Crippen LogP contribution in [0.3, 0.4) is 0 Å². The molecule has 1 heterocycles. The fraction of sp³-hybridized carbons (Fsp3) is 0.0909. The van der Waals surface area contributed by atoms with Gasteiger partial charge in [0.05, 0.1) is 12.7 Å². The molecule has 0 saturated heterocycles. The quantitative estimate of drug-likeness (QED) is 0.859. The maximum absolute atomic E-state index is 13.7. The number of esters is 1. The minimum atomic E-state index is -0.637. The van der Waals surface area contributed by atoms with Gasteiger partial charge < -0.3 is 10.5 Å². The Bertz CT molecular complexity index is 595. The largest absolute Gasteiger partial charge is 0.464 e. The van der Waals surface area contributed by atoms with Gasteiger partial charge >= 0.3 is 5.97 Å². The monoisotopic (exact) mass is 330 g/mol. The smallest absolute Gasteiger partial charge is 0.359 e. The van der Waals surface area contributed by atoms with Crippen molar-refractivity contribution in [1.29, 1.82) is 0 Å². The Hall–Kier alpha value is -1.47. The van der Waals surface area contributed by atoms with Crippen molar-refractivity contribution in [2.75, 3.05) is 12.8 Å². The second-order valence-corrected chi connectivity index (χ2v) is 5.21. The number of carbonyl (C=O) groups is 1. The molecule has 0 aliphatic rings. The van der Waals surface area contributed by atoms with E-state index in [1.54, 1.807) is 12.1 Å². The van der Waals surface area contributed by atoms with Crippen molar-refractivity contribution in [3.63, 3.8) is 0 Å². The first-order valence-corrected chi connectivity index (χ1v) is 6.44. The normalized spacial score (nSPS) is 10.4. The van der Waals surface area contributed by atoms with Gasteiger partial charge in [-0.05, 0) is 28.1 Å². The summed E-state index contributed by atoms with van der Waals surface area (Å²) >= 11 is 4.28. The Labute approximate surface area is 115 Å². The third-order valence-electron chi connectivity index (χ3n) is 2.21. The van der Waals surface area contributed by atoms with Crippen LogP contribution in [-0.4, -0.2) is 18.1 Å². The number of halogens is 2. The zero-order valence-electron chi connectivity index (χ0n) is 9.24. The van der Waals surface area contributed by atoms with Crippen LogP contribution in [0.25, 0.3) is 10.6 Å². The number of nitrogens with two attached hydrogens (primary N) is 1. The van der Waals surface area contributed by atoms with E-state index in [4.69, 9.17) is 5.73 Å². The number of benzene rings is 1. The molecule has 4 nitrogen and oxygen atoms in total. The van der Waals surface area contributed by atoms with Crippen LogP contribution < -0.4 is 5.73 Å². The van der Waals surface area contributed by atoms with Crippen LogP contribution in [0.1, 0.15) is 10.5 Å². The summed E-state index contributed by atoms with van der Waals surface area (Å²) in [5.74, 6) is -1.07. The minimum absolute atomic E-state index is 0.00709. The molecule has 1 aromatic heterocycles.